The predicted octanol–water partition coefficient (Wildman–Crippen LogP) is 3.51. The molecule has 4 rings (SSSR count). The summed E-state index contributed by atoms with van der Waals surface area (Å²) in [6, 6.07) is 19.6. The molecule has 1 heterocycles. The molecule has 0 spiro atoms. The summed E-state index contributed by atoms with van der Waals surface area (Å²) in [5.41, 5.74) is 1.04. The van der Waals surface area contributed by atoms with Gasteiger partial charge in [0.15, 0.2) is 15.7 Å². The minimum absolute atomic E-state index is 0.137. The number of sulfone groups is 1. The van der Waals surface area contributed by atoms with Crippen LogP contribution < -0.4 is 5.32 Å². The second-order valence-corrected chi connectivity index (χ2v) is 12.5. The maximum absolute atomic E-state index is 13.3. The molecule has 1 atom stereocenters. The third-order valence-corrected chi connectivity index (χ3v) is 8.18. The molecule has 3 aromatic carbocycles. The molecule has 3 aromatic rings. The van der Waals surface area contributed by atoms with Crippen molar-refractivity contribution in [1.29, 1.82) is 0 Å². The van der Waals surface area contributed by atoms with Crippen LogP contribution in [0, 0.1) is 0 Å². The lowest BCUT2D eigenvalue weighted by Gasteiger charge is -2.12. The third-order valence-electron chi connectivity index (χ3n) is 5.77. The highest BCUT2D eigenvalue weighted by Crippen LogP contribution is 2.29. The average molecular weight is 648 g/mol. The Labute approximate surface area is 250 Å². The molecule has 14 nitrogen and oxygen atoms in total. The Kier molecular flexibility index (Phi) is 9.77. The van der Waals surface area contributed by atoms with Crippen molar-refractivity contribution in [3.8, 4) is 0 Å². The molecule has 17 heteroatoms. The summed E-state index contributed by atoms with van der Waals surface area (Å²) >= 11 is 5.84. The average Bonchev–Trinajstić information content (AvgIpc) is 3.29. The molecule has 0 saturated heterocycles. The molecule has 0 saturated carbocycles. The molecule has 224 valence electrons. The Morgan fingerprint density at radius 1 is 0.953 bits per heavy atom. The largest absolute Gasteiger partial charge is 0.397 e. The Balaban J connectivity index is 1.50. The molecular weight excluding hydrogens is 626 g/mol. The smallest absolute Gasteiger partial charge is 0.326 e. The van der Waals surface area contributed by atoms with Crippen LogP contribution in [0.2, 0.25) is 5.02 Å². The number of carbonyl (C=O) groups excluding carboxylic acids is 3. The maximum atomic E-state index is 13.3. The van der Waals surface area contributed by atoms with Crippen molar-refractivity contribution in [1.82, 2.24) is 5.01 Å². The zero-order valence-corrected chi connectivity index (χ0v) is 24.3. The fourth-order valence-corrected chi connectivity index (χ4v) is 5.40. The number of imide groups is 1. The van der Waals surface area contributed by atoms with Gasteiger partial charge in [0.25, 0.3) is 11.8 Å². The first-order valence-corrected chi connectivity index (χ1v) is 15.6. The topological polar surface area (TPSA) is 201 Å². The van der Waals surface area contributed by atoms with Crippen molar-refractivity contribution in [3.05, 3.63) is 89.4 Å². The summed E-state index contributed by atoms with van der Waals surface area (Å²) in [7, 11) is -8.74. The molecule has 0 fully saturated rings. The molecule has 1 unspecified atom stereocenters. The van der Waals surface area contributed by atoms with Gasteiger partial charge in [-0.2, -0.15) is 13.4 Å². The van der Waals surface area contributed by atoms with E-state index in [0.29, 0.717) is 21.3 Å². The van der Waals surface area contributed by atoms with E-state index in [1.54, 1.807) is 54.6 Å². The van der Waals surface area contributed by atoms with Gasteiger partial charge in [-0.1, -0.05) is 41.9 Å². The van der Waals surface area contributed by atoms with Gasteiger partial charge in [-0.05, 0) is 54.1 Å². The van der Waals surface area contributed by atoms with Gasteiger partial charge in [0.05, 0.1) is 22.9 Å². The van der Waals surface area contributed by atoms with Gasteiger partial charge < -0.3 is 5.32 Å². The van der Waals surface area contributed by atoms with Crippen molar-refractivity contribution >= 4 is 66.8 Å². The molecule has 1 aliphatic rings. The molecule has 1 aliphatic heterocycles. The quantitative estimate of drug-likeness (QED) is 0.188. The fraction of sp³-hybridized carbons (Fsp3) is 0.154. The first-order valence-electron chi connectivity index (χ1n) is 12.2. The number of rotatable bonds is 10. The first kappa shape index (κ1) is 31.6. The lowest BCUT2D eigenvalue weighted by molar-refractivity contribution is -0.144. The van der Waals surface area contributed by atoms with E-state index in [9.17, 15) is 31.2 Å². The monoisotopic (exact) mass is 647 g/mol. The number of anilines is 1. The van der Waals surface area contributed by atoms with Crippen LogP contribution in [-0.4, -0.2) is 62.3 Å². The van der Waals surface area contributed by atoms with Crippen molar-refractivity contribution in [2.45, 2.75) is 17.2 Å². The van der Waals surface area contributed by atoms with Gasteiger partial charge in [-0.15, -0.1) is 15.3 Å². The standard InChI is InChI=1S/C26H22ClN5O9S2/c27-18-6-8-19(9-7-18)28-22(33)16-23(34)32-26(35)24(17-4-2-1-3-5-17)25(31-32)30-29-20-10-12-21(13-11-20)42(36,37)15-14-41-43(38,39)40/h1-13,24H,14-16H2,(H,28,33)(H,38,39,40). The highest BCUT2D eigenvalue weighted by Gasteiger charge is 2.41. The van der Waals surface area contributed by atoms with Gasteiger partial charge >= 0.3 is 10.4 Å². The van der Waals surface area contributed by atoms with Crippen LogP contribution in [-0.2, 0) is 38.8 Å². The van der Waals surface area contributed by atoms with Crippen LogP contribution >= 0.6 is 11.6 Å². The van der Waals surface area contributed by atoms with Crippen molar-refractivity contribution < 1.29 is 40.0 Å². The van der Waals surface area contributed by atoms with Crippen LogP contribution in [0.25, 0.3) is 0 Å². The molecule has 43 heavy (non-hydrogen) atoms. The Morgan fingerprint density at radius 3 is 2.23 bits per heavy atom. The number of amidine groups is 1. The van der Waals surface area contributed by atoms with E-state index in [0.717, 1.165) is 0 Å². The van der Waals surface area contributed by atoms with E-state index >= 15 is 0 Å². The number of halogens is 1. The van der Waals surface area contributed by atoms with Crippen LogP contribution in [0.15, 0.2) is 99.1 Å². The van der Waals surface area contributed by atoms with E-state index in [-0.39, 0.29) is 16.4 Å². The number of nitrogens with one attached hydrogen (secondary N) is 1. The van der Waals surface area contributed by atoms with Gasteiger partial charge in [0, 0.05) is 10.7 Å². The minimum atomic E-state index is -4.78. The number of carbonyl (C=O) groups is 3. The van der Waals surface area contributed by atoms with Gasteiger partial charge in [-0.3, -0.25) is 18.9 Å². The van der Waals surface area contributed by atoms with E-state index in [1.165, 1.54) is 24.3 Å². The number of benzene rings is 3. The molecule has 3 amide bonds. The number of hydrogen-bond acceptors (Lipinski definition) is 11. The van der Waals surface area contributed by atoms with E-state index in [2.05, 4.69) is 24.8 Å². The summed E-state index contributed by atoms with van der Waals surface area (Å²) < 4.78 is 58.7. The molecular formula is C26H22ClN5O9S2. The maximum Gasteiger partial charge on any atom is 0.397 e. The number of amides is 3. The second kappa shape index (κ2) is 13.3. The van der Waals surface area contributed by atoms with Crippen LogP contribution in [0.3, 0.4) is 0 Å². The predicted molar refractivity (Wildman–Crippen MR) is 154 cm³/mol. The van der Waals surface area contributed by atoms with E-state index < -0.39 is 62.7 Å². The second-order valence-electron chi connectivity index (χ2n) is 8.84. The lowest BCUT2D eigenvalue weighted by atomic mass is 9.98. The first-order chi connectivity index (χ1) is 20.3. The molecule has 2 N–H and O–H groups in total. The number of hydrazone groups is 1. The van der Waals surface area contributed by atoms with Crippen molar-refractivity contribution in [2.24, 2.45) is 15.3 Å². The SMILES string of the molecule is O=C(CC(=O)N1N=C(N=Nc2ccc(S(=O)(=O)CCOS(=O)(=O)O)cc2)C(c2ccccc2)C1=O)Nc1ccc(Cl)cc1. The summed E-state index contributed by atoms with van der Waals surface area (Å²) in [6.07, 6.45) is -0.686. The van der Waals surface area contributed by atoms with Gasteiger partial charge in [-0.25, -0.2) is 12.6 Å². The minimum Gasteiger partial charge on any atom is -0.326 e. The Bertz CT molecular complexity index is 1800. The van der Waals surface area contributed by atoms with Gasteiger partial charge in [0.2, 0.25) is 5.91 Å². The van der Waals surface area contributed by atoms with Crippen LogP contribution in [0.5, 0.6) is 0 Å². The van der Waals surface area contributed by atoms with Crippen molar-refractivity contribution in [3.63, 3.8) is 0 Å². The van der Waals surface area contributed by atoms with Gasteiger partial charge in [0.1, 0.15) is 12.3 Å². The summed E-state index contributed by atoms with van der Waals surface area (Å²) in [5.74, 6) is -4.26. The van der Waals surface area contributed by atoms with Crippen LogP contribution in [0.4, 0.5) is 11.4 Å². The van der Waals surface area contributed by atoms with E-state index in [1.807, 2.05) is 0 Å². The summed E-state index contributed by atoms with van der Waals surface area (Å²) in [6.45, 7) is -0.782. The highest BCUT2D eigenvalue weighted by molar-refractivity contribution is 7.91. The Hall–Kier alpha value is -4.35. The summed E-state index contributed by atoms with van der Waals surface area (Å²) in [5, 5.41) is 15.7. The van der Waals surface area contributed by atoms with Crippen molar-refractivity contribution in [2.75, 3.05) is 17.7 Å². The molecule has 0 bridgehead atoms. The highest BCUT2D eigenvalue weighted by atomic mass is 35.5. The van der Waals surface area contributed by atoms with Crippen LogP contribution in [0.1, 0.15) is 17.9 Å². The molecule has 0 aromatic heterocycles. The normalized spacial score (nSPS) is 15.5. The molecule has 0 radical (unpaired) electrons. The number of nitrogens with zero attached hydrogens (tertiary/aromatic N) is 4. The van der Waals surface area contributed by atoms with E-state index in [4.69, 9.17) is 16.2 Å². The fourth-order valence-electron chi connectivity index (χ4n) is 3.78. The summed E-state index contributed by atoms with van der Waals surface area (Å²) in [4.78, 5) is 38.4. The zero-order chi connectivity index (χ0) is 31.2. The zero-order valence-electron chi connectivity index (χ0n) is 21.9. The third kappa shape index (κ3) is 8.59. The Morgan fingerprint density at radius 2 is 1.60 bits per heavy atom. The lowest BCUT2D eigenvalue weighted by Crippen LogP contribution is -2.34. The number of hydrogen-bond donors (Lipinski definition) is 2. The number of azo groups is 1. The molecule has 0 aliphatic carbocycles.